The van der Waals surface area contributed by atoms with E-state index in [0.717, 1.165) is 0 Å². The molecule has 0 saturated heterocycles. The zero-order valence-corrected chi connectivity index (χ0v) is 12.7. The average molecular weight is 343 g/mol. The number of carboxylic acid groups (broad SMARTS) is 1. The van der Waals surface area contributed by atoms with Gasteiger partial charge in [-0.25, -0.2) is 0 Å². The zero-order chi connectivity index (χ0) is 15.1. The predicted molar refractivity (Wildman–Crippen MR) is 75.6 cm³/mol. The minimum Gasteiger partial charge on any atom is -0.433 e. The van der Waals surface area contributed by atoms with Gasteiger partial charge in [-0.1, -0.05) is 5.10 Å². The minimum absolute atomic E-state index is 0.00921. The lowest BCUT2D eigenvalue weighted by atomic mass is 10.2. The van der Waals surface area contributed by atoms with Crippen LogP contribution in [0.25, 0.3) is 0 Å². The van der Waals surface area contributed by atoms with E-state index in [-0.39, 0.29) is 5.82 Å². The Hall–Kier alpha value is -1.80. The van der Waals surface area contributed by atoms with Gasteiger partial charge >= 0.3 is 12.2 Å². The summed E-state index contributed by atoms with van der Waals surface area (Å²) in [7, 11) is 0. The molecule has 1 atom stereocenters. The summed E-state index contributed by atoms with van der Waals surface area (Å²) >= 11 is 3.23. The number of ether oxygens (including phenoxy) is 1. The number of hydrogen-bond donors (Lipinski definition) is 1. The summed E-state index contributed by atoms with van der Waals surface area (Å²) in [5, 5.41) is 13.3. The molecule has 0 bridgehead atoms. The van der Waals surface area contributed by atoms with Crippen molar-refractivity contribution in [2.24, 2.45) is 5.10 Å². The van der Waals surface area contributed by atoms with Gasteiger partial charge in [0, 0.05) is 10.7 Å². The maximum atomic E-state index is 12.3. The van der Waals surface area contributed by atoms with Crippen LogP contribution in [-0.4, -0.2) is 34.1 Å². The maximum Gasteiger partial charge on any atom is 0.561 e. The third kappa shape index (κ3) is 2.32. The molecular formula is C12H13BrN3O4+. The molecule has 0 aromatic carbocycles. The zero-order valence-electron chi connectivity index (χ0n) is 11.1. The Morgan fingerprint density at radius 3 is 2.60 bits per heavy atom. The molecule has 2 rings (SSSR count). The predicted octanol–water partition coefficient (Wildman–Crippen LogP) is 3.11. The van der Waals surface area contributed by atoms with Gasteiger partial charge in [0.15, 0.2) is 0 Å². The average Bonchev–Trinajstić information content (AvgIpc) is 2.66. The van der Waals surface area contributed by atoms with Gasteiger partial charge in [-0.3, -0.25) is 0 Å². The van der Waals surface area contributed by atoms with Crippen LogP contribution >= 0.6 is 15.9 Å². The number of hydrogen-bond acceptors (Lipinski definition) is 5. The van der Waals surface area contributed by atoms with E-state index in [0.29, 0.717) is 10.0 Å². The van der Waals surface area contributed by atoms with E-state index >= 15 is 0 Å². The molecule has 0 radical (unpaired) electrons. The van der Waals surface area contributed by atoms with Crippen LogP contribution in [0.15, 0.2) is 21.8 Å². The largest absolute Gasteiger partial charge is 0.561 e. The molecular weight excluding hydrogens is 330 g/mol. The molecule has 1 aliphatic heterocycles. The molecule has 1 aliphatic rings. The standard InChI is InChI=1S/C12H12BrN3O4/c1-12(2,3)20-11(19)16(10(17)18)9-7(5-15-16)4-8(13)6-14-9/h4-6H,1-3H3/p+1. The lowest BCUT2D eigenvalue weighted by Gasteiger charge is -2.23. The van der Waals surface area contributed by atoms with Gasteiger partial charge < -0.3 is 9.84 Å². The van der Waals surface area contributed by atoms with Gasteiger partial charge in [0.2, 0.25) is 0 Å². The topological polar surface area (TPSA) is 88.9 Å². The Morgan fingerprint density at radius 2 is 2.05 bits per heavy atom. The van der Waals surface area contributed by atoms with E-state index < -0.39 is 22.4 Å². The quantitative estimate of drug-likeness (QED) is 0.731. The van der Waals surface area contributed by atoms with Crippen molar-refractivity contribution in [2.75, 3.05) is 0 Å². The summed E-state index contributed by atoms with van der Waals surface area (Å²) < 4.78 is 4.49. The molecule has 0 fully saturated rings. The number of carbonyl (C=O) groups excluding carboxylic acids is 1. The third-order valence-corrected chi connectivity index (χ3v) is 2.91. The third-order valence-electron chi connectivity index (χ3n) is 2.47. The van der Waals surface area contributed by atoms with Crippen LogP contribution in [0.2, 0.25) is 0 Å². The van der Waals surface area contributed by atoms with Crippen molar-refractivity contribution in [2.45, 2.75) is 26.4 Å². The minimum atomic E-state index is -1.47. The van der Waals surface area contributed by atoms with Gasteiger partial charge in [-0.15, -0.1) is 0 Å². The number of halogens is 1. The van der Waals surface area contributed by atoms with E-state index in [2.05, 4.69) is 26.0 Å². The van der Waals surface area contributed by atoms with Crippen molar-refractivity contribution < 1.29 is 19.4 Å². The molecule has 20 heavy (non-hydrogen) atoms. The highest BCUT2D eigenvalue weighted by Gasteiger charge is 2.57. The van der Waals surface area contributed by atoms with Crippen molar-refractivity contribution in [3.63, 3.8) is 0 Å². The van der Waals surface area contributed by atoms with Gasteiger partial charge in [0.05, 0.1) is 16.4 Å². The molecule has 1 unspecified atom stereocenters. The van der Waals surface area contributed by atoms with Crippen LogP contribution in [0.4, 0.5) is 15.4 Å². The number of amides is 2. The van der Waals surface area contributed by atoms with Gasteiger partial charge in [-0.05, 0) is 42.8 Å². The Kier molecular flexibility index (Phi) is 3.39. The first kappa shape index (κ1) is 14.6. The van der Waals surface area contributed by atoms with Crippen molar-refractivity contribution >= 4 is 40.1 Å². The number of imide groups is 1. The molecule has 106 valence electrons. The molecule has 0 spiro atoms. The van der Waals surface area contributed by atoms with Crippen LogP contribution in [0, 0.1) is 0 Å². The molecule has 7 nitrogen and oxygen atoms in total. The van der Waals surface area contributed by atoms with E-state index in [1.165, 1.54) is 12.4 Å². The number of rotatable bonds is 0. The fourth-order valence-corrected chi connectivity index (χ4v) is 2.05. The Morgan fingerprint density at radius 1 is 1.40 bits per heavy atom. The molecule has 0 aliphatic carbocycles. The maximum absolute atomic E-state index is 12.3. The van der Waals surface area contributed by atoms with Gasteiger partial charge in [-0.2, -0.15) is 14.6 Å². The summed E-state index contributed by atoms with van der Waals surface area (Å²) in [4.78, 5) is 27.9. The number of pyridine rings is 1. The summed E-state index contributed by atoms with van der Waals surface area (Å²) in [5.74, 6) is 0.00921. The first-order valence-electron chi connectivity index (χ1n) is 5.74. The molecule has 1 aromatic heterocycles. The Balaban J connectivity index is 2.53. The molecule has 2 amide bonds. The Bertz CT molecular complexity index is 624. The van der Waals surface area contributed by atoms with E-state index in [1.807, 2.05) is 0 Å². The molecule has 1 N–H and O–H groups in total. The number of quaternary nitrogens is 1. The SMILES string of the molecule is CC(C)(C)OC(=O)[N+]1(C(=O)O)N=Cc2cc(Br)cnc21. The highest BCUT2D eigenvalue weighted by molar-refractivity contribution is 9.10. The fraction of sp³-hybridized carbons (Fsp3) is 0.333. The monoisotopic (exact) mass is 342 g/mol. The van der Waals surface area contributed by atoms with E-state index in [9.17, 15) is 14.7 Å². The molecule has 2 heterocycles. The lowest BCUT2D eigenvalue weighted by molar-refractivity contribution is 0.0285. The van der Waals surface area contributed by atoms with Crippen LogP contribution in [0.5, 0.6) is 0 Å². The van der Waals surface area contributed by atoms with Crippen molar-refractivity contribution in [3.8, 4) is 0 Å². The number of nitrogens with zero attached hydrogens (tertiary/aromatic N) is 3. The molecule has 1 aromatic rings. The summed E-state index contributed by atoms with van der Waals surface area (Å²) in [6.07, 6.45) is 0.234. The summed E-state index contributed by atoms with van der Waals surface area (Å²) in [5.41, 5.74) is -0.376. The lowest BCUT2D eigenvalue weighted by Crippen LogP contribution is -2.54. The van der Waals surface area contributed by atoms with Crippen molar-refractivity contribution in [1.82, 2.24) is 9.58 Å². The van der Waals surface area contributed by atoms with E-state index in [1.54, 1.807) is 26.8 Å². The second kappa shape index (κ2) is 4.64. The highest BCUT2D eigenvalue weighted by Crippen LogP contribution is 2.34. The second-order valence-electron chi connectivity index (χ2n) is 5.21. The summed E-state index contributed by atoms with van der Waals surface area (Å²) in [6, 6.07) is 1.64. The van der Waals surface area contributed by atoms with E-state index in [4.69, 9.17) is 4.74 Å². The second-order valence-corrected chi connectivity index (χ2v) is 6.12. The van der Waals surface area contributed by atoms with Crippen molar-refractivity contribution in [3.05, 3.63) is 22.3 Å². The normalized spacial score (nSPS) is 20.6. The summed E-state index contributed by atoms with van der Waals surface area (Å²) in [6.45, 7) is 4.96. The molecule has 8 heteroatoms. The number of aromatic nitrogens is 1. The number of fused-ring (bicyclic) bond motifs is 1. The smallest absolute Gasteiger partial charge is 0.433 e. The van der Waals surface area contributed by atoms with Gasteiger partial charge in [0.1, 0.15) is 5.60 Å². The Labute approximate surface area is 123 Å². The molecule has 0 saturated carbocycles. The van der Waals surface area contributed by atoms with Crippen LogP contribution in [-0.2, 0) is 4.74 Å². The first-order valence-corrected chi connectivity index (χ1v) is 6.54. The van der Waals surface area contributed by atoms with Crippen LogP contribution < -0.4 is 4.59 Å². The van der Waals surface area contributed by atoms with Crippen LogP contribution in [0.3, 0.4) is 0 Å². The van der Waals surface area contributed by atoms with Crippen molar-refractivity contribution in [1.29, 1.82) is 0 Å². The van der Waals surface area contributed by atoms with Crippen LogP contribution in [0.1, 0.15) is 26.3 Å². The fourth-order valence-electron chi connectivity index (χ4n) is 1.70. The van der Waals surface area contributed by atoms with Gasteiger partial charge in [0.25, 0.3) is 5.82 Å². The number of carbonyl (C=O) groups is 2. The highest BCUT2D eigenvalue weighted by atomic mass is 79.9. The first-order chi connectivity index (χ1) is 9.17.